The lowest BCUT2D eigenvalue weighted by molar-refractivity contribution is -0.137. The highest BCUT2D eigenvalue weighted by Gasteiger charge is 2.35. The number of hydrogen-bond acceptors (Lipinski definition) is 2. The van der Waals surface area contributed by atoms with Gasteiger partial charge in [0.25, 0.3) is 0 Å². The van der Waals surface area contributed by atoms with Crippen molar-refractivity contribution in [1.82, 2.24) is 10.2 Å². The third-order valence-corrected chi connectivity index (χ3v) is 5.20. The first-order chi connectivity index (χ1) is 10.9. The van der Waals surface area contributed by atoms with Gasteiger partial charge in [-0.25, -0.2) is 0 Å². The minimum Gasteiger partial charge on any atom is -0.314 e. The number of alkyl halides is 3. The summed E-state index contributed by atoms with van der Waals surface area (Å²) in [4.78, 5) is 2.33. The van der Waals surface area contributed by atoms with Crippen molar-refractivity contribution < 1.29 is 13.2 Å². The van der Waals surface area contributed by atoms with Crippen LogP contribution in [0.5, 0.6) is 0 Å². The first-order valence-corrected chi connectivity index (χ1v) is 8.65. The lowest BCUT2D eigenvalue weighted by atomic mass is 9.89. The van der Waals surface area contributed by atoms with E-state index in [2.05, 4.69) is 10.2 Å². The van der Waals surface area contributed by atoms with Crippen molar-refractivity contribution in [2.75, 3.05) is 26.2 Å². The molecule has 1 atom stereocenters. The van der Waals surface area contributed by atoms with E-state index in [0.717, 1.165) is 50.7 Å². The summed E-state index contributed by atoms with van der Waals surface area (Å²) in [5.41, 5.74) is 0.0803. The molecule has 2 fully saturated rings. The van der Waals surface area contributed by atoms with Crippen LogP contribution >= 0.6 is 24.0 Å². The van der Waals surface area contributed by atoms with Gasteiger partial charge in [0, 0.05) is 37.2 Å². The van der Waals surface area contributed by atoms with Crippen LogP contribution in [0.25, 0.3) is 0 Å². The normalized spacial score (nSPS) is 21.5. The van der Waals surface area contributed by atoms with E-state index in [-0.39, 0.29) is 23.5 Å². The number of rotatable bonds is 3. The first kappa shape index (κ1) is 19.8. The van der Waals surface area contributed by atoms with E-state index < -0.39 is 11.7 Å². The molecule has 1 N–H and O–H groups in total. The Hall–Kier alpha value is -0.490. The average Bonchev–Trinajstić information content (AvgIpc) is 3.01. The Morgan fingerprint density at radius 1 is 1.08 bits per heavy atom. The zero-order valence-corrected chi connectivity index (χ0v) is 15.0. The molecule has 1 aromatic rings. The van der Waals surface area contributed by atoms with Gasteiger partial charge in [0.05, 0.1) is 5.56 Å². The van der Waals surface area contributed by atoms with Gasteiger partial charge in [-0.1, -0.05) is 24.4 Å². The summed E-state index contributed by atoms with van der Waals surface area (Å²) in [6.07, 6.45) is 0.147. The molecule has 0 unspecified atom stereocenters. The topological polar surface area (TPSA) is 15.3 Å². The standard InChI is InChI=1S/C17H22ClF3N2.ClH/c18-15-10-13(9-14(11-15)17(19,20)21)16(12-3-1-2-4-12)23-7-5-22-6-8-23;/h9-12,16,22H,1-8H2;1H/t16-;/m0./s1. The summed E-state index contributed by atoms with van der Waals surface area (Å²) in [6.45, 7) is 3.51. The van der Waals surface area contributed by atoms with Gasteiger partial charge in [0.2, 0.25) is 0 Å². The highest BCUT2D eigenvalue weighted by molar-refractivity contribution is 6.30. The molecule has 0 spiro atoms. The predicted octanol–water partition coefficient (Wildman–Crippen LogP) is 4.92. The van der Waals surface area contributed by atoms with Crippen LogP contribution in [0.15, 0.2) is 18.2 Å². The second-order valence-electron chi connectivity index (χ2n) is 6.55. The van der Waals surface area contributed by atoms with E-state index in [9.17, 15) is 13.2 Å². The monoisotopic (exact) mass is 382 g/mol. The molecule has 1 saturated carbocycles. The maximum Gasteiger partial charge on any atom is 0.416 e. The van der Waals surface area contributed by atoms with Crippen LogP contribution in [0, 0.1) is 5.92 Å². The molecule has 0 aromatic heterocycles. The molecule has 1 aromatic carbocycles. The van der Waals surface area contributed by atoms with Gasteiger partial charge >= 0.3 is 6.18 Å². The second-order valence-corrected chi connectivity index (χ2v) is 6.98. The van der Waals surface area contributed by atoms with Crippen LogP contribution in [0.2, 0.25) is 5.02 Å². The Balaban J connectivity index is 0.00000208. The molecule has 1 aliphatic carbocycles. The minimum absolute atomic E-state index is 0. The summed E-state index contributed by atoms with van der Waals surface area (Å²) < 4.78 is 39.4. The smallest absolute Gasteiger partial charge is 0.314 e. The Labute approximate surface area is 152 Å². The Kier molecular flexibility index (Phi) is 6.82. The van der Waals surface area contributed by atoms with E-state index in [1.807, 2.05) is 0 Å². The quantitative estimate of drug-likeness (QED) is 0.797. The average molecular weight is 383 g/mol. The number of piperazine rings is 1. The molecule has 1 aliphatic heterocycles. The van der Waals surface area contributed by atoms with Crippen LogP contribution in [0.4, 0.5) is 13.2 Å². The van der Waals surface area contributed by atoms with Crippen LogP contribution in [0.3, 0.4) is 0 Å². The molecular weight excluding hydrogens is 360 g/mol. The number of hydrogen-bond donors (Lipinski definition) is 1. The van der Waals surface area contributed by atoms with E-state index >= 15 is 0 Å². The molecule has 1 saturated heterocycles. The van der Waals surface area contributed by atoms with Crippen LogP contribution < -0.4 is 5.32 Å². The van der Waals surface area contributed by atoms with Crippen molar-refractivity contribution in [1.29, 1.82) is 0 Å². The molecule has 136 valence electrons. The van der Waals surface area contributed by atoms with Crippen LogP contribution in [0.1, 0.15) is 42.9 Å². The van der Waals surface area contributed by atoms with Gasteiger partial charge in [-0.2, -0.15) is 13.2 Å². The molecule has 0 amide bonds. The summed E-state index contributed by atoms with van der Waals surface area (Å²) in [6, 6.07) is 4.09. The zero-order valence-electron chi connectivity index (χ0n) is 13.4. The highest BCUT2D eigenvalue weighted by atomic mass is 35.5. The second kappa shape index (κ2) is 8.26. The Bertz CT molecular complexity index is 539. The van der Waals surface area contributed by atoms with Gasteiger partial charge in [0.1, 0.15) is 0 Å². The number of nitrogens with zero attached hydrogens (tertiary/aromatic N) is 1. The van der Waals surface area contributed by atoms with Crippen molar-refractivity contribution in [2.24, 2.45) is 5.92 Å². The van der Waals surface area contributed by atoms with Gasteiger partial charge in [-0.15, -0.1) is 12.4 Å². The Morgan fingerprint density at radius 3 is 2.29 bits per heavy atom. The first-order valence-electron chi connectivity index (χ1n) is 8.27. The fourth-order valence-electron chi connectivity index (χ4n) is 3.96. The molecule has 3 rings (SSSR count). The summed E-state index contributed by atoms with van der Waals surface area (Å²) in [5.74, 6) is 0.424. The SMILES string of the molecule is Cl.FC(F)(F)c1cc(Cl)cc([C@H](C2CCCC2)N2CCNCC2)c1. The molecule has 7 heteroatoms. The maximum atomic E-state index is 13.1. The summed E-state index contributed by atoms with van der Waals surface area (Å²) in [5, 5.41) is 3.48. The molecule has 2 aliphatic rings. The molecule has 2 nitrogen and oxygen atoms in total. The van der Waals surface area contributed by atoms with Gasteiger partial charge in [-0.3, -0.25) is 4.90 Å². The zero-order chi connectivity index (χ0) is 16.4. The molecular formula is C17H23Cl2F3N2. The van der Waals surface area contributed by atoms with E-state index in [1.165, 1.54) is 18.9 Å². The molecule has 0 radical (unpaired) electrons. The predicted molar refractivity (Wildman–Crippen MR) is 92.8 cm³/mol. The van der Waals surface area contributed by atoms with Crippen LogP contribution in [-0.2, 0) is 6.18 Å². The molecule has 1 heterocycles. The molecule has 24 heavy (non-hydrogen) atoms. The van der Waals surface area contributed by atoms with Crippen molar-refractivity contribution in [2.45, 2.75) is 37.9 Å². The number of halogens is 5. The van der Waals surface area contributed by atoms with Gasteiger partial charge < -0.3 is 5.32 Å². The summed E-state index contributed by atoms with van der Waals surface area (Å²) in [7, 11) is 0. The van der Waals surface area contributed by atoms with Crippen molar-refractivity contribution in [3.8, 4) is 0 Å². The van der Waals surface area contributed by atoms with Crippen molar-refractivity contribution >= 4 is 24.0 Å². The lowest BCUT2D eigenvalue weighted by Gasteiger charge is -2.39. The maximum absolute atomic E-state index is 13.1. The molecule has 0 bridgehead atoms. The van der Waals surface area contributed by atoms with Gasteiger partial charge in [-0.05, 0) is 42.5 Å². The Morgan fingerprint density at radius 2 is 1.71 bits per heavy atom. The van der Waals surface area contributed by atoms with E-state index in [4.69, 9.17) is 11.6 Å². The fourth-order valence-corrected chi connectivity index (χ4v) is 4.20. The van der Waals surface area contributed by atoms with E-state index in [0.29, 0.717) is 5.92 Å². The minimum atomic E-state index is -4.36. The van der Waals surface area contributed by atoms with Crippen molar-refractivity contribution in [3.05, 3.63) is 34.3 Å². The largest absolute Gasteiger partial charge is 0.416 e. The fraction of sp³-hybridized carbons (Fsp3) is 0.647. The number of benzene rings is 1. The van der Waals surface area contributed by atoms with E-state index in [1.54, 1.807) is 6.07 Å². The third kappa shape index (κ3) is 4.57. The lowest BCUT2D eigenvalue weighted by Crippen LogP contribution is -2.46. The highest BCUT2D eigenvalue weighted by Crippen LogP contribution is 2.42. The summed E-state index contributed by atoms with van der Waals surface area (Å²) >= 11 is 6.01. The number of nitrogens with one attached hydrogen (secondary N) is 1. The van der Waals surface area contributed by atoms with Crippen LogP contribution in [-0.4, -0.2) is 31.1 Å². The third-order valence-electron chi connectivity index (χ3n) is 4.98. The van der Waals surface area contributed by atoms with Crippen molar-refractivity contribution in [3.63, 3.8) is 0 Å². The van der Waals surface area contributed by atoms with Gasteiger partial charge in [0.15, 0.2) is 0 Å².